The lowest BCUT2D eigenvalue weighted by atomic mass is 10.2. The molecule has 0 unspecified atom stereocenters. The quantitative estimate of drug-likeness (QED) is 0.594. The standard InChI is InChI=1S/C5H11N.C3H5F2N/c1-6-4-2-3-5-6;4-3(5)1-6-2-3/h2-5H2,1H3;6H,1-2H2. The molecule has 0 bridgehead atoms. The zero-order valence-electron chi connectivity index (χ0n) is 7.45. The van der Waals surface area contributed by atoms with Gasteiger partial charge >= 0.3 is 0 Å². The van der Waals surface area contributed by atoms with Crippen molar-refractivity contribution in [3.05, 3.63) is 0 Å². The molecule has 2 aliphatic heterocycles. The van der Waals surface area contributed by atoms with Crippen LogP contribution in [0.1, 0.15) is 12.8 Å². The molecular weight excluding hydrogens is 162 g/mol. The second-order valence-electron chi connectivity index (χ2n) is 3.47. The highest BCUT2D eigenvalue weighted by atomic mass is 19.3. The van der Waals surface area contributed by atoms with Crippen molar-refractivity contribution in [1.82, 2.24) is 10.2 Å². The van der Waals surface area contributed by atoms with E-state index in [1.54, 1.807) is 0 Å². The predicted octanol–water partition coefficient (Wildman–Crippen LogP) is 0.937. The van der Waals surface area contributed by atoms with E-state index in [0.29, 0.717) is 0 Å². The summed E-state index contributed by atoms with van der Waals surface area (Å²) in [7, 11) is 2.17. The largest absolute Gasteiger partial charge is 0.306 e. The summed E-state index contributed by atoms with van der Waals surface area (Å²) in [6, 6.07) is 0. The monoisotopic (exact) mass is 178 g/mol. The van der Waals surface area contributed by atoms with Crippen LogP contribution >= 0.6 is 0 Å². The third-order valence-corrected chi connectivity index (χ3v) is 2.10. The summed E-state index contributed by atoms with van der Waals surface area (Å²) >= 11 is 0. The Kier molecular flexibility index (Phi) is 3.40. The summed E-state index contributed by atoms with van der Waals surface area (Å²) < 4.78 is 23.0. The third-order valence-electron chi connectivity index (χ3n) is 2.10. The van der Waals surface area contributed by atoms with E-state index in [9.17, 15) is 8.78 Å². The number of likely N-dealkylation sites (tertiary alicyclic amines) is 1. The number of rotatable bonds is 0. The molecule has 2 saturated heterocycles. The molecule has 1 N–H and O–H groups in total. The highest BCUT2D eigenvalue weighted by Crippen LogP contribution is 2.16. The molecule has 2 nitrogen and oxygen atoms in total. The minimum atomic E-state index is -2.39. The van der Waals surface area contributed by atoms with E-state index < -0.39 is 5.92 Å². The van der Waals surface area contributed by atoms with Crippen LogP contribution in [0.3, 0.4) is 0 Å². The first kappa shape index (κ1) is 9.86. The van der Waals surface area contributed by atoms with Crippen LogP contribution in [0, 0.1) is 0 Å². The fourth-order valence-corrected chi connectivity index (χ4v) is 1.19. The van der Waals surface area contributed by atoms with Gasteiger partial charge in [-0.25, -0.2) is 8.78 Å². The topological polar surface area (TPSA) is 15.3 Å². The fraction of sp³-hybridized carbons (Fsp3) is 1.00. The van der Waals surface area contributed by atoms with Crippen molar-refractivity contribution >= 4 is 0 Å². The maximum absolute atomic E-state index is 11.5. The SMILES string of the molecule is CN1CCCC1.FC1(F)CNC1. The molecule has 2 aliphatic rings. The summed E-state index contributed by atoms with van der Waals surface area (Å²) in [5.41, 5.74) is 0. The number of alkyl halides is 2. The van der Waals surface area contributed by atoms with E-state index in [4.69, 9.17) is 0 Å². The van der Waals surface area contributed by atoms with Crippen LogP contribution in [0.2, 0.25) is 0 Å². The van der Waals surface area contributed by atoms with Gasteiger partial charge in [-0.3, -0.25) is 0 Å². The van der Waals surface area contributed by atoms with Crippen molar-refractivity contribution in [2.24, 2.45) is 0 Å². The molecule has 12 heavy (non-hydrogen) atoms. The molecule has 0 aromatic heterocycles. The Morgan fingerprint density at radius 1 is 1.17 bits per heavy atom. The molecule has 0 atom stereocenters. The molecule has 0 amide bonds. The van der Waals surface area contributed by atoms with E-state index in [1.165, 1.54) is 25.9 Å². The Balaban J connectivity index is 0.000000120. The van der Waals surface area contributed by atoms with Crippen molar-refractivity contribution in [2.45, 2.75) is 18.8 Å². The van der Waals surface area contributed by atoms with Crippen LogP contribution in [0.15, 0.2) is 0 Å². The normalized spacial score (nSPS) is 27.2. The van der Waals surface area contributed by atoms with Gasteiger partial charge in [0.1, 0.15) is 0 Å². The fourth-order valence-electron chi connectivity index (χ4n) is 1.19. The van der Waals surface area contributed by atoms with Crippen LogP contribution < -0.4 is 5.32 Å². The Morgan fingerprint density at radius 2 is 1.58 bits per heavy atom. The minimum absolute atomic E-state index is 0.132. The van der Waals surface area contributed by atoms with Crippen molar-refractivity contribution < 1.29 is 8.78 Å². The van der Waals surface area contributed by atoms with Gasteiger partial charge in [0.25, 0.3) is 5.92 Å². The van der Waals surface area contributed by atoms with Crippen molar-refractivity contribution in [3.8, 4) is 0 Å². The Bertz CT molecular complexity index is 127. The number of nitrogens with one attached hydrogen (secondary N) is 1. The minimum Gasteiger partial charge on any atom is -0.306 e. The van der Waals surface area contributed by atoms with E-state index >= 15 is 0 Å². The maximum Gasteiger partial charge on any atom is 0.272 e. The van der Waals surface area contributed by atoms with Crippen LogP contribution in [-0.4, -0.2) is 44.0 Å². The number of halogens is 2. The van der Waals surface area contributed by atoms with Gasteiger partial charge < -0.3 is 10.2 Å². The first-order valence-electron chi connectivity index (χ1n) is 4.37. The molecule has 72 valence electrons. The summed E-state index contributed by atoms with van der Waals surface area (Å²) in [5, 5.41) is 2.45. The molecule has 0 spiro atoms. The number of nitrogens with zero attached hydrogens (tertiary/aromatic N) is 1. The van der Waals surface area contributed by atoms with E-state index in [-0.39, 0.29) is 13.1 Å². The zero-order valence-corrected chi connectivity index (χ0v) is 7.45. The number of hydrogen-bond acceptors (Lipinski definition) is 2. The first-order valence-corrected chi connectivity index (χ1v) is 4.37. The van der Waals surface area contributed by atoms with Crippen LogP contribution in [0.25, 0.3) is 0 Å². The predicted molar refractivity (Wildman–Crippen MR) is 44.5 cm³/mol. The van der Waals surface area contributed by atoms with Crippen molar-refractivity contribution in [2.75, 3.05) is 33.2 Å². The van der Waals surface area contributed by atoms with Crippen LogP contribution in [-0.2, 0) is 0 Å². The van der Waals surface area contributed by atoms with E-state index in [2.05, 4.69) is 17.3 Å². The molecule has 4 heteroatoms. The highest BCUT2D eigenvalue weighted by molar-refractivity contribution is 4.81. The Labute approximate surface area is 71.9 Å². The second-order valence-corrected chi connectivity index (χ2v) is 3.47. The average molecular weight is 178 g/mol. The molecular formula is C8H16F2N2. The number of hydrogen-bond donors (Lipinski definition) is 1. The molecule has 0 aliphatic carbocycles. The summed E-state index contributed by atoms with van der Waals surface area (Å²) in [5.74, 6) is -2.39. The highest BCUT2D eigenvalue weighted by Gasteiger charge is 2.36. The molecule has 2 fully saturated rings. The van der Waals surface area contributed by atoms with E-state index in [1.807, 2.05) is 0 Å². The lowest BCUT2D eigenvalue weighted by Gasteiger charge is -2.25. The lowest BCUT2D eigenvalue weighted by Crippen LogP contribution is -2.52. The summed E-state index contributed by atoms with van der Waals surface area (Å²) in [6.07, 6.45) is 2.83. The smallest absolute Gasteiger partial charge is 0.272 e. The van der Waals surface area contributed by atoms with Gasteiger partial charge in [-0.05, 0) is 33.0 Å². The molecule has 2 rings (SSSR count). The molecule has 0 aromatic carbocycles. The Morgan fingerprint density at radius 3 is 1.67 bits per heavy atom. The van der Waals surface area contributed by atoms with Crippen LogP contribution in [0.5, 0.6) is 0 Å². The molecule has 0 aromatic rings. The van der Waals surface area contributed by atoms with Crippen molar-refractivity contribution in [3.63, 3.8) is 0 Å². The van der Waals surface area contributed by atoms with Crippen LogP contribution in [0.4, 0.5) is 8.78 Å². The third kappa shape index (κ3) is 3.45. The summed E-state index contributed by atoms with van der Waals surface area (Å²) in [6.45, 7) is 2.38. The van der Waals surface area contributed by atoms with Crippen molar-refractivity contribution in [1.29, 1.82) is 0 Å². The maximum atomic E-state index is 11.5. The molecule has 0 saturated carbocycles. The zero-order chi connectivity index (χ0) is 9.03. The van der Waals surface area contributed by atoms with Gasteiger partial charge in [-0.15, -0.1) is 0 Å². The first-order chi connectivity index (χ1) is 5.60. The van der Waals surface area contributed by atoms with Gasteiger partial charge in [0.05, 0.1) is 13.1 Å². The van der Waals surface area contributed by atoms with Gasteiger partial charge in [-0.2, -0.15) is 0 Å². The average Bonchev–Trinajstić information content (AvgIpc) is 2.38. The van der Waals surface area contributed by atoms with E-state index in [0.717, 1.165) is 0 Å². The molecule has 0 radical (unpaired) electrons. The second kappa shape index (κ2) is 4.14. The molecule has 2 heterocycles. The van der Waals surface area contributed by atoms with Gasteiger partial charge in [0, 0.05) is 0 Å². The van der Waals surface area contributed by atoms with Gasteiger partial charge in [0.2, 0.25) is 0 Å². The Hall–Kier alpha value is -0.220. The summed E-state index contributed by atoms with van der Waals surface area (Å²) in [4.78, 5) is 2.36. The van der Waals surface area contributed by atoms with Gasteiger partial charge in [0.15, 0.2) is 0 Å². The van der Waals surface area contributed by atoms with Gasteiger partial charge in [-0.1, -0.05) is 0 Å². The lowest BCUT2D eigenvalue weighted by molar-refractivity contribution is -0.0475.